The molecule has 0 aliphatic carbocycles. The molecule has 0 saturated heterocycles. The predicted molar refractivity (Wildman–Crippen MR) is 43.9 cm³/mol. The van der Waals surface area contributed by atoms with Crippen LogP contribution in [0.5, 0.6) is 0 Å². The summed E-state index contributed by atoms with van der Waals surface area (Å²) in [6.07, 6.45) is -2.71. The molecule has 1 rings (SSSR count). The minimum atomic E-state index is -2.71. The van der Waals surface area contributed by atoms with Gasteiger partial charge in [-0.1, -0.05) is 12.1 Å². The molecule has 1 atom stereocenters. The zero-order chi connectivity index (χ0) is 10.1. The fraction of sp³-hybridized carbons (Fsp3) is 0.333. The molecule has 0 bridgehead atoms. The maximum atomic E-state index is 12.7. The van der Waals surface area contributed by atoms with Gasteiger partial charge in [-0.25, -0.2) is 13.2 Å². The summed E-state index contributed by atoms with van der Waals surface area (Å²) in [4.78, 5) is 0. The van der Waals surface area contributed by atoms with Crippen molar-refractivity contribution < 1.29 is 13.2 Å². The second kappa shape index (κ2) is 3.38. The Morgan fingerprint density at radius 1 is 1.38 bits per heavy atom. The SMILES string of the molecule is CC(N)(c1cccc(F)c1)C(F)F. The highest BCUT2D eigenvalue weighted by atomic mass is 19.3. The minimum absolute atomic E-state index is 0.0995. The largest absolute Gasteiger partial charge is 0.317 e. The van der Waals surface area contributed by atoms with Gasteiger partial charge in [-0.15, -0.1) is 0 Å². The van der Waals surface area contributed by atoms with Crippen LogP contribution in [-0.2, 0) is 5.54 Å². The van der Waals surface area contributed by atoms with Crippen molar-refractivity contribution in [2.24, 2.45) is 5.73 Å². The molecule has 1 aromatic carbocycles. The molecule has 1 aromatic rings. The van der Waals surface area contributed by atoms with E-state index in [9.17, 15) is 13.2 Å². The van der Waals surface area contributed by atoms with Gasteiger partial charge in [0.15, 0.2) is 0 Å². The molecule has 0 aromatic heterocycles. The van der Waals surface area contributed by atoms with Gasteiger partial charge >= 0.3 is 0 Å². The van der Waals surface area contributed by atoms with Gasteiger partial charge in [0.05, 0.1) is 5.54 Å². The number of alkyl halides is 2. The summed E-state index contributed by atoms with van der Waals surface area (Å²) in [5.74, 6) is -0.560. The molecule has 0 saturated carbocycles. The Balaban J connectivity index is 3.07. The van der Waals surface area contributed by atoms with E-state index in [0.29, 0.717) is 0 Å². The van der Waals surface area contributed by atoms with Gasteiger partial charge in [0.1, 0.15) is 5.82 Å². The summed E-state index contributed by atoms with van der Waals surface area (Å²) < 4.78 is 37.4. The quantitative estimate of drug-likeness (QED) is 0.758. The smallest absolute Gasteiger partial charge is 0.260 e. The molecule has 0 spiro atoms. The zero-order valence-electron chi connectivity index (χ0n) is 7.10. The predicted octanol–water partition coefficient (Wildman–Crippen LogP) is 2.26. The van der Waals surface area contributed by atoms with Gasteiger partial charge in [0, 0.05) is 0 Å². The Kier molecular flexibility index (Phi) is 2.61. The van der Waals surface area contributed by atoms with Crippen molar-refractivity contribution >= 4 is 0 Å². The van der Waals surface area contributed by atoms with Crippen molar-refractivity contribution in [2.75, 3.05) is 0 Å². The Bertz CT molecular complexity index is 297. The summed E-state index contributed by atoms with van der Waals surface area (Å²) in [5, 5.41) is 0. The number of hydrogen-bond acceptors (Lipinski definition) is 1. The van der Waals surface area contributed by atoms with Crippen LogP contribution in [-0.4, -0.2) is 6.43 Å². The molecule has 2 N–H and O–H groups in total. The zero-order valence-corrected chi connectivity index (χ0v) is 7.10. The minimum Gasteiger partial charge on any atom is -0.317 e. The number of rotatable bonds is 2. The fourth-order valence-corrected chi connectivity index (χ4v) is 0.950. The van der Waals surface area contributed by atoms with Crippen LogP contribution in [0.2, 0.25) is 0 Å². The second-order valence-electron chi connectivity index (χ2n) is 3.09. The van der Waals surface area contributed by atoms with Crippen molar-refractivity contribution in [1.29, 1.82) is 0 Å². The van der Waals surface area contributed by atoms with Crippen LogP contribution in [0, 0.1) is 5.82 Å². The van der Waals surface area contributed by atoms with Crippen LogP contribution in [0.15, 0.2) is 24.3 Å². The topological polar surface area (TPSA) is 26.0 Å². The first-order valence-electron chi connectivity index (χ1n) is 3.77. The first kappa shape index (κ1) is 10.1. The van der Waals surface area contributed by atoms with E-state index in [-0.39, 0.29) is 5.56 Å². The lowest BCUT2D eigenvalue weighted by atomic mass is 9.94. The van der Waals surface area contributed by atoms with Crippen LogP contribution in [0.1, 0.15) is 12.5 Å². The van der Waals surface area contributed by atoms with E-state index in [4.69, 9.17) is 5.73 Å². The summed E-state index contributed by atoms with van der Waals surface area (Å²) >= 11 is 0. The number of benzene rings is 1. The van der Waals surface area contributed by atoms with E-state index in [0.717, 1.165) is 6.07 Å². The molecule has 0 heterocycles. The highest BCUT2D eigenvalue weighted by Crippen LogP contribution is 2.25. The molecule has 0 aliphatic rings. The van der Waals surface area contributed by atoms with E-state index in [2.05, 4.69) is 0 Å². The van der Waals surface area contributed by atoms with Crippen LogP contribution in [0.3, 0.4) is 0 Å². The van der Waals surface area contributed by atoms with Gasteiger partial charge in [-0.2, -0.15) is 0 Å². The van der Waals surface area contributed by atoms with Crippen molar-refractivity contribution in [3.8, 4) is 0 Å². The lowest BCUT2D eigenvalue weighted by Gasteiger charge is -2.23. The lowest BCUT2D eigenvalue weighted by Crippen LogP contribution is -2.40. The third kappa shape index (κ3) is 2.01. The molecule has 0 fully saturated rings. The Labute approximate surface area is 74.4 Å². The molecule has 0 aliphatic heterocycles. The number of nitrogens with two attached hydrogens (primary N) is 1. The second-order valence-corrected chi connectivity index (χ2v) is 3.09. The Morgan fingerprint density at radius 3 is 2.46 bits per heavy atom. The van der Waals surface area contributed by atoms with Crippen LogP contribution in [0.4, 0.5) is 13.2 Å². The first-order valence-corrected chi connectivity index (χ1v) is 3.77. The highest BCUT2D eigenvalue weighted by Gasteiger charge is 2.32. The number of halogens is 3. The maximum Gasteiger partial charge on any atom is 0.260 e. The van der Waals surface area contributed by atoms with Gasteiger partial charge in [0.25, 0.3) is 6.43 Å². The summed E-state index contributed by atoms with van der Waals surface area (Å²) in [7, 11) is 0. The third-order valence-corrected chi connectivity index (χ3v) is 1.90. The molecule has 0 radical (unpaired) electrons. The Hall–Kier alpha value is -1.03. The average molecular weight is 189 g/mol. The third-order valence-electron chi connectivity index (χ3n) is 1.90. The van der Waals surface area contributed by atoms with Gasteiger partial charge in [-0.05, 0) is 24.6 Å². The highest BCUT2D eigenvalue weighted by molar-refractivity contribution is 5.24. The van der Waals surface area contributed by atoms with E-state index < -0.39 is 17.8 Å². The average Bonchev–Trinajstić information content (AvgIpc) is 2.04. The summed E-state index contributed by atoms with van der Waals surface area (Å²) in [5.41, 5.74) is 3.64. The summed E-state index contributed by atoms with van der Waals surface area (Å²) in [6, 6.07) is 4.95. The molecular formula is C9H10F3N. The van der Waals surface area contributed by atoms with E-state index in [1.54, 1.807) is 0 Å². The van der Waals surface area contributed by atoms with E-state index >= 15 is 0 Å². The lowest BCUT2D eigenvalue weighted by molar-refractivity contribution is 0.0624. The standard InChI is InChI=1S/C9H10F3N/c1-9(13,8(11)12)6-3-2-4-7(10)5-6/h2-5,8H,13H2,1H3. The normalized spacial score (nSPS) is 15.8. The van der Waals surface area contributed by atoms with Crippen LogP contribution >= 0.6 is 0 Å². The summed E-state index contributed by atoms with van der Waals surface area (Å²) in [6.45, 7) is 1.17. The van der Waals surface area contributed by atoms with Gasteiger partial charge < -0.3 is 5.73 Å². The molecule has 1 unspecified atom stereocenters. The van der Waals surface area contributed by atoms with Gasteiger partial charge in [-0.3, -0.25) is 0 Å². The maximum absolute atomic E-state index is 12.7. The van der Waals surface area contributed by atoms with Gasteiger partial charge in [0.2, 0.25) is 0 Å². The van der Waals surface area contributed by atoms with Crippen molar-refractivity contribution in [3.05, 3.63) is 35.6 Å². The molecular weight excluding hydrogens is 179 g/mol. The number of hydrogen-bond donors (Lipinski definition) is 1. The van der Waals surface area contributed by atoms with Crippen LogP contribution in [0.25, 0.3) is 0 Å². The molecule has 72 valence electrons. The monoisotopic (exact) mass is 189 g/mol. The van der Waals surface area contributed by atoms with Crippen molar-refractivity contribution in [2.45, 2.75) is 18.9 Å². The van der Waals surface area contributed by atoms with Crippen molar-refractivity contribution in [1.82, 2.24) is 0 Å². The molecule has 0 amide bonds. The Morgan fingerprint density at radius 2 is 2.00 bits per heavy atom. The first-order chi connectivity index (χ1) is 5.94. The van der Waals surface area contributed by atoms with Crippen molar-refractivity contribution in [3.63, 3.8) is 0 Å². The van der Waals surface area contributed by atoms with E-state index in [1.807, 2.05) is 0 Å². The van der Waals surface area contributed by atoms with Crippen LogP contribution < -0.4 is 5.73 Å². The molecule has 13 heavy (non-hydrogen) atoms. The fourth-order valence-electron chi connectivity index (χ4n) is 0.950. The van der Waals surface area contributed by atoms with E-state index in [1.165, 1.54) is 25.1 Å². The molecule has 4 heteroatoms. The molecule has 1 nitrogen and oxygen atoms in total.